The number of aliphatic hydroxyl groups is 1. The fourth-order valence-electron chi connectivity index (χ4n) is 1.65. The van der Waals surface area contributed by atoms with Crippen molar-refractivity contribution in [3.05, 3.63) is 43.9 Å². The molecular formula is C11H5Cl4F3N2O. The predicted molar refractivity (Wildman–Crippen MR) is 74.5 cm³/mol. The molecule has 0 aliphatic heterocycles. The molecule has 10 heteroatoms. The number of aromatic nitrogens is 2. The van der Waals surface area contributed by atoms with Crippen LogP contribution in [-0.2, 0) is 12.8 Å². The first kappa shape index (κ1) is 16.7. The fraction of sp³-hybridized carbons (Fsp3) is 0.182. The van der Waals surface area contributed by atoms with E-state index >= 15 is 0 Å². The van der Waals surface area contributed by atoms with Crippen molar-refractivity contribution >= 4 is 46.4 Å². The molecule has 1 heterocycles. The van der Waals surface area contributed by atoms with Crippen molar-refractivity contribution in [2.24, 2.45) is 0 Å². The number of rotatable bonds is 2. The van der Waals surface area contributed by atoms with Crippen molar-refractivity contribution in [2.75, 3.05) is 0 Å². The van der Waals surface area contributed by atoms with Crippen LogP contribution in [-0.4, -0.2) is 14.7 Å². The van der Waals surface area contributed by atoms with Gasteiger partial charge in [0, 0.05) is 0 Å². The van der Waals surface area contributed by atoms with Crippen LogP contribution in [0.15, 0.2) is 12.1 Å². The third-order valence-electron chi connectivity index (χ3n) is 2.56. The summed E-state index contributed by atoms with van der Waals surface area (Å²) in [4.78, 5) is 3.77. The molecule has 0 unspecified atom stereocenters. The van der Waals surface area contributed by atoms with E-state index in [1.807, 2.05) is 0 Å². The van der Waals surface area contributed by atoms with E-state index in [1.165, 1.54) is 0 Å². The van der Waals surface area contributed by atoms with Crippen LogP contribution in [0.4, 0.5) is 13.2 Å². The van der Waals surface area contributed by atoms with E-state index in [0.29, 0.717) is 12.1 Å². The van der Waals surface area contributed by atoms with E-state index in [-0.39, 0.29) is 31.9 Å². The minimum Gasteiger partial charge on any atom is -0.390 e. The van der Waals surface area contributed by atoms with Crippen molar-refractivity contribution in [1.82, 2.24) is 9.55 Å². The molecule has 0 atom stereocenters. The molecule has 0 radical (unpaired) electrons. The summed E-state index contributed by atoms with van der Waals surface area (Å²) in [7, 11) is 0. The van der Waals surface area contributed by atoms with Crippen LogP contribution in [0, 0.1) is 0 Å². The second kappa shape index (κ2) is 5.85. The Labute approximate surface area is 136 Å². The third-order valence-corrected chi connectivity index (χ3v) is 3.78. The van der Waals surface area contributed by atoms with E-state index in [0.717, 1.165) is 4.57 Å². The Balaban J connectivity index is 2.69. The lowest BCUT2D eigenvalue weighted by Gasteiger charge is -2.14. The number of hydrogen-bond acceptors (Lipinski definition) is 2. The molecule has 0 aliphatic rings. The van der Waals surface area contributed by atoms with Gasteiger partial charge in [-0.25, -0.2) is 4.98 Å². The standard InChI is InChI=1S/C11H5Cl4F3N2O/c12-5-1-4(11(16,17)18)2-6(13)8(5)20-9(14)7(3-21)19-10(20)15/h1-2,21H,3H2. The molecule has 0 aliphatic carbocycles. The van der Waals surface area contributed by atoms with Crippen LogP contribution >= 0.6 is 46.4 Å². The van der Waals surface area contributed by atoms with Crippen molar-refractivity contribution in [3.8, 4) is 5.69 Å². The normalized spacial score (nSPS) is 12.0. The average molecular weight is 380 g/mol. The first-order valence-electron chi connectivity index (χ1n) is 5.27. The van der Waals surface area contributed by atoms with Gasteiger partial charge < -0.3 is 5.11 Å². The Hall–Kier alpha value is -0.660. The molecule has 0 fully saturated rings. The minimum absolute atomic E-state index is 0.0477. The summed E-state index contributed by atoms with van der Waals surface area (Å²) in [5.74, 6) is 0. The highest BCUT2D eigenvalue weighted by atomic mass is 35.5. The number of aliphatic hydroxyl groups excluding tert-OH is 1. The number of alkyl halides is 3. The van der Waals surface area contributed by atoms with Gasteiger partial charge in [0.25, 0.3) is 0 Å². The van der Waals surface area contributed by atoms with Gasteiger partial charge in [0.1, 0.15) is 10.8 Å². The summed E-state index contributed by atoms with van der Waals surface area (Å²) in [6, 6.07) is 1.40. The zero-order valence-electron chi connectivity index (χ0n) is 9.85. The summed E-state index contributed by atoms with van der Waals surface area (Å²) in [6.07, 6.45) is -4.59. The Morgan fingerprint density at radius 2 is 1.62 bits per heavy atom. The lowest BCUT2D eigenvalue weighted by molar-refractivity contribution is -0.137. The van der Waals surface area contributed by atoms with Crippen molar-refractivity contribution < 1.29 is 18.3 Å². The van der Waals surface area contributed by atoms with Crippen LogP contribution in [0.3, 0.4) is 0 Å². The van der Waals surface area contributed by atoms with Gasteiger partial charge in [0.2, 0.25) is 5.28 Å². The van der Waals surface area contributed by atoms with Crippen molar-refractivity contribution in [1.29, 1.82) is 0 Å². The molecule has 1 N–H and O–H groups in total. The van der Waals surface area contributed by atoms with E-state index in [9.17, 15) is 13.2 Å². The van der Waals surface area contributed by atoms with E-state index < -0.39 is 18.3 Å². The largest absolute Gasteiger partial charge is 0.416 e. The molecule has 3 nitrogen and oxygen atoms in total. The summed E-state index contributed by atoms with van der Waals surface area (Å²) in [5.41, 5.74) is -1.00. The number of hydrogen-bond donors (Lipinski definition) is 1. The molecule has 0 bridgehead atoms. The van der Waals surface area contributed by atoms with Gasteiger partial charge in [-0.05, 0) is 23.7 Å². The van der Waals surface area contributed by atoms with Gasteiger partial charge in [-0.1, -0.05) is 34.8 Å². The molecule has 2 aromatic rings. The smallest absolute Gasteiger partial charge is 0.390 e. The number of halogens is 7. The molecule has 0 saturated heterocycles. The van der Waals surface area contributed by atoms with E-state index in [4.69, 9.17) is 51.5 Å². The minimum atomic E-state index is -4.59. The average Bonchev–Trinajstić information content (AvgIpc) is 2.64. The predicted octanol–water partition coefficient (Wildman–Crippen LogP) is 5.00. The van der Waals surface area contributed by atoms with Crippen molar-refractivity contribution in [2.45, 2.75) is 12.8 Å². The fourth-order valence-corrected chi connectivity index (χ4v) is 2.89. The van der Waals surface area contributed by atoms with Crippen molar-refractivity contribution in [3.63, 3.8) is 0 Å². The maximum Gasteiger partial charge on any atom is 0.416 e. The van der Waals surface area contributed by atoms with E-state index in [1.54, 1.807) is 0 Å². The highest BCUT2D eigenvalue weighted by Gasteiger charge is 2.32. The maximum atomic E-state index is 12.7. The molecule has 0 saturated carbocycles. The summed E-state index contributed by atoms with van der Waals surface area (Å²) in [6.45, 7) is -0.499. The first-order valence-corrected chi connectivity index (χ1v) is 6.78. The lowest BCUT2D eigenvalue weighted by Crippen LogP contribution is -2.07. The molecule has 1 aromatic heterocycles. The highest BCUT2D eigenvalue weighted by Crippen LogP contribution is 2.40. The number of benzene rings is 1. The van der Waals surface area contributed by atoms with Gasteiger partial charge >= 0.3 is 6.18 Å². The SMILES string of the molecule is OCc1nc(Cl)n(-c2c(Cl)cc(C(F)(F)F)cc2Cl)c1Cl. The quantitative estimate of drug-likeness (QED) is 0.797. The lowest BCUT2D eigenvalue weighted by atomic mass is 10.2. The molecule has 1 aromatic carbocycles. The molecule has 0 amide bonds. The second-order valence-electron chi connectivity index (χ2n) is 3.90. The van der Waals surface area contributed by atoms with Crippen LogP contribution in [0.2, 0.25) is 20.5 Å². The summed E-state index contributed by atoms with van der Waals surface area (Å²) in [5, 5.41) is 8.17. The highest BCUT2D eigenvalue weighted by molar-refractivity contribution is 6.39. The van der Waals surface area contributed by atoms with Crippen LogP contribution in [0.1, 0.15) is 11.3 Å². The molecule has 0 spiro atoms. The van der Waals surface area contributed by atoms with E-state index in [2.05, 4.69) is 4.98 Å². The summed E-state index contributed by atoms with van der Waals surface area (Å²) < 4.78 is 39.1. The van der Waals surface area contributed by atoms with Gasteiger partial charge in [0.05, 0.1) is 27.9 Å². The van der Waals surface area contributed by atoms with Gasteiger partial charge in [-0.2, -0.15) is 13.2 Å². The van der Waals surface area contributed by atoms with Gasteiger partial charge in [-0.15, -0.1) is 0 Å². The molecule has 2 rings (SSSR count). The van der Waals surface area contributed by atoms with Gasteiger partial charge in [-0.3, -0.25) is 4.57 Å². The Kier molecular flexibility index (Phi) is 4.66. The molecule has 114 valence electrons. The first-order chi connectivity index (χ1) is 9.66. The number of imidazole rings is 1. The zero-order valence-corrected chi connectivity index (χ0v) is 12.9. The Morgan fingerprint density at radius 1 is 1.10 bits per heavy atom. The zero-order chi connectivity index (χ0) is 15.9. The molecule has 21 heavy (non-hydrogen) atoms. The third kappa shape index (κ3) is 3.10. The Bertz CT molecular complexity index is 677. The van der Waals surface area contributed by atoms with Crippen LogP contribution in [0.25, 0.3) is 5.69 Å². The maximum absolute atomic E-state index is 12.7. The topological polar surface area (TPSA) is 38.1 Å². The summed E-state index contributed by atoms with van der Waals surface area (Å²) >= 11 is 23.5. The Morgan fingerprint density at radius 3 is 2.00 bits per heavy atom. The second-order valence-corrected chi connectivity index (χ2v) is 5.41. The monoisotopic (exact) mass is 378 g/mol. The number of nitrogens with zero attached hydrogens (tertiary/aromatic N) is 2. The molecular weight excluding hydrogens is 375 g/mol. The van der Waals surface area contributed by atoms with Crippen LogP contribution in [0.5, 0.6) is 0 Å². The van der Waals surface area contributed by atoms with Crippen LogP contribution < -0.4 is 0 Å². The van der Waals surface area contributed by atoms with Gasteiger partial charge in [0.15, 0.2) is 0 Å².